The number of nitrogens with two attached hydrogens (primary N) is 1. The zero-order chi connectivity index (χ0) is 12.1. The molecule has 0 unspecified atom stereocenters. The molecule has 4 nitrogen and oxygen atoms in total. The topological polar surface area (TPSA) is 58.4 Å². The molecule has 4 heteroatoms. The highest BCUT2D eigenvalue weighted by atomic mass is 16.1. The summed E-state index contributed by atoms with van der Waals surface area (Å²) >= 11 is 0. The van der Waals surface area contributed by atoms with E-state index in [9.17, 15) is 4.79 Å². The van der Waals surface area contributed by atoms with Crippen LogP contribution in [0.4, 0.5) is 0 Å². The van der Waals surface area contributed by atoms with E-state index < -0.39 is 0 Å². The second-order valence-corrected chi connectivity index (χ2v) is 5.58. The first-order valence-corrected chi connectivity index (χ1v) is 6.98. The maximum absolute atomic E-state index is 10.8. The van der Waals surface area contributed by atoms with E-state index in [0.717, 1.165) is 31.8 Å². The predicted octanol–water partition coefficient (Wildman–Crippen LogP) is 0.716. The number of piperidine rings is 1. The number of carbonyl (C=O) groups is 1. The number of rotatable bonds is 5. The van der Waals surface area contributed by atoms with E-state index in [4.69, 9.17) is 5.73 Å². The van der Waals surface area contributed by atoms with Gasteiger partial charge in [0.05, 0.1) is 6.54 Å². The summed E-state index contributed by atoms with van der Waals surface area (Å²) in [7, 11) is 0. The highest BCUT2D eigenvalue weighted by Gasteiger charge is 2.21. The molecule has 0 aromatic carbocycles. The molecule has 98 valence electrons. The van der Waals surface area contributed by atoms with Crippen LogP contribution < -0.4 is 11.1 Å². The Morgan fingerprint density at radius 1 is 1.18 bits per heavy atom. The molecule has 0 aromatic heterocycles. The molecule has 0 atom stereocenters. The molecule has 1 heterocycles. The molecule has 1 saturated carbocycles. The lowest BCUT2D eigenvalue weighted by Gasteiger charge is -2.32. The van der Waals surface area contributed by atoms with Crippen molar-refractivity contribution in [1.82, 2.24) is 10.2 Å². The molecule has 2 aliphatic rings. The fraction of sp³-hybridized carbons (Fsp3) is 0.923. The van der Waals surface area contributed by atoms with Crippen LogP contribution in [0.1, 0.15) is 38.5 Å². The van der Waals surface area contributed by atoms with E-state index in [1.54, 1.807) is 0 Å². The first-order chi connectivity index (χ1) is 8.24. The Labute approximate surface area is 104 Å². The monoisotopic (exact) mass is 239 g/mol. The standard InChI is InChI=1S/C13H25N3O/c14-13(17)10-16-7-5-12(6-8-16)15-9-11-3-1-2-4-11/h11-12,15H,1-10H2,(H2,14,17). The molecule has 0 bridgehead atoms. The van der Waals surface area contributed by atoms with Crippen molar-refractivity contribution in [3.8, 4) is 0 Å². The van der Waals surface area contributed by atoms with Crippen molar-refractivity contribution in [2.75, 3.05) is 26.2 Å². The molecule has 17 heavy (non-hydrogen) atoms. The number of carbonyl (C=O) groups excluding carboxylic acids is 1. The minimum atomic E-state index is -0.206. The Morgan fingerprint density at radius 3 is 2.41 bits per heavy atom. The summed E-state index contributed by atoms with van der Waals surface area (Å²) in [5.41, 5.74) is 5.20. The summed E-state index contributed by atoms with van der Waals surface area (Å²) in [5.74, 6) is 0.709. The largest absolute Gasteiger partial charge is 0.369 e. The zero-order valence-electron chi connectivity index (χ0n) is 10.7. The molecule has 0 radical (unpaired) electrons. The highest BCUT2D eigenvalue weighted by molar-refractivity contribution is 5.75. The van der Waals surface area contributed by atoms with Gasteiger partial charge >= 0.3 is 0 Å². The number of primary amides is 1. The minimum Gasteiger partial charge on any atom is -0.369 e. The molecule has 3 N–H and O–H groups in total. The Kier molecular flexibility index (Phi) is 4.80. The third-order valence-electron chi connectivity index (χ3n) is 4.14. The first kappa shape index (κ1) is 12.8. The molecule has 0 spiro atoms. The van der Waals surface area contributed by atoms with Crippen LogP contribution in [0.3, 0.4) is 0 Å². The molecule has 2 fully saturated rings. The van der Waals surface area contributed by atoms with Gasteiger partial charge in [-0.15, -0.1) is 0 Å². The fourth-order valence-electron chi connectivity index (χ4n) is 3.06. The number of amides is 1. The third kappa shape index (κ3) is 4.28. The van der Waals surface area contributed by atoms with Crippen LogP contribution in [0.5, 0.6) is 0 Å². The van der Waals surface area contributed by atoms with Crippen LogP contribution in [0.25, 0.3) is 0 Å². The van der Waals surface area contributed by atoms with Crippen molar-refractivity contribution in [2.45, 2.75) is 44.6 Å². The van der Waals surface area contributed by atoms with Gasteiger partial charge in [0, 0.05) is 19.1 Å². The maximum Gasteiger partial charge on any atom is 0.231 e. The van der Waals surface area contributed by atoms with Crippen molar-refractivity contribution in [3.05, 3.63) is 0 Å². The Bertz CT molecular complexity index is 243. The van der Waals surface area contributed by atoms with Crippen LogP contribution in [-0.4, -0.2) is 43.0 Å². The maximum atomic E-state index is 10.8. The smallest absolute Gasteiger partial charge is 0.231 e. The second kappa shape index (κ2) is 6.36. The van der Waals surface area contributed by atoms with Crippen LogP contribution in [0, 0.1) is 5.92 Å². The Balaban J connectivity index is 1.60. The van der Waals surface area contributed by atoms with E-state index >= 15 is 0 Å². The number of likely N-dealkylation sites (tertiary alicyclic amines) is 1. The number of nitrogens with one attached hydrogen (secondary N) is 1. The van der Waals surface area contributed by atoms with Crippen LogP contribution in [0.15, 0.2) is 0 Å². The Hall–Kier alpha value is -0.610. The highest BCUT2D eigenvalue weighted by Crippen LogP contribution is 2.24. The van der Waals surface area contributed by atoms with Gasteiger partial charge in [0.1, 0.15) is 0 Å². The van der Waals surface area contributed by atoms with Crippen LogP contribution >= 0.6 is 0 Å². The lowest BCUT2D eigenvalue weighted by atomic mass is 10.0. The Morgan fingerprint density at radius 2 is 1.82 bits per heavy atom. The van der Waals surface area contributed by atoms with Gasteiger partial charge in [-0.25, -0.2) is 0 Å². The van der Waals surface area contributed by atoms with Gasteiger partial charge in [-0.05, 0) is 38.1 Å². The number of nitrogens with zero attached hydrogens (tertiary/aromatic N) is 1. The molecule has 1 aliphatic carbocycles. The van der Waals surface area contributed by atoms with Crippen LogP contribution in [0.2, 0.25) is 0 Å². The van der Waals surface area contributed by atoms with Crippen molar-refractivity contribution < 1.29 is 4.79 Å². The van der Waals surface area contributed by atoms with E-state index in [2.05, 4.69) is 10.2 Å². The van der Waals surface area contributed by atoms with E-state index in [-0.39, 0.29) is 5.91 Å². The summed E-state index contributed by atoms with van der Waals surface area (Å²) in [6, 6.07) is 0.653. The van der Waals surface area contributed by atoms with E-state index in [1.165, 1.54) is 32.2 Å². The lowest BCUT2D eigenvalue weighted by molar-refractivity contribution is -0.119. The van der Waals surface area contributed by atoms with Crippen molar-refractivity contribution in [1.29, 1.82) is 0 Å². The normalized spacial score (nSPS) is 24.2. The molecule has 1 aliphatic heterocycles. The molecule has 1 saturated heterocycles. The average Bonchev–Trinajstić information content (AvgIpc) is 2.80. The quantitative estimate of drug-likeness (QED) is 0.743. The summed E-state index contributed by atoms with van der Waals surface area (Å²) < 4.78 is 0. The number of hydrogen-bond donors (Lipinski definition) is 2. The molecule has 0 aromatic rings. The molecule has 1 amide bonds. The van der Waals surface area contributed by atoms with Gasteiger partial charge in [0.25, 0.3) is 0 Å². The first-order valence-electron chi connectivity index (χ1n) is 6.98. The van der Waals surface area contributed by atoms with Crippen molar-refractivity contribution >= 4 is 5.91 Å². The van der Waals surface area contributed by atoms with Gasteiger partial charge in [-0.2, -0.15) is 0 Å². The van der Waals surface area contributed by atoms with Crippen LogP contribution in [-0.2, 0) is 4.79 Å². The fourth-order valence-corrected chi connectivity index (χ4v) is 3.06. The molecular weight excluding hydrogens is 214 g/mol. The lowest BCUT2D eigenvalue weighted by Crippen LogP contribution is -2.46. The molecular formula is C13H25N3O. The predicted molar refractivity (Wildman–Crippen MR) is 68.6 cm³/mol. The van der Waals surface area contributed by atoms with Gasteiger partial charge in [-0.1, -0.05) is 12.8 Å². The molecule has 2 rings (SSSR count). The summed E-state index contributed by atoms with van der Waals surface area (Å²) in [5, 5.41) is 3.69. The van der Waals surface area contributed by atoms with Crippen molar-refractivity contribution in [2.24, 2.45) is 11.7 Å². The second-order valence-electron chi connectivity index (χ2n) is 5.58. The average molecular weight is 239 g/mol. The summed E-state index contributed by atoms with van der Waals surface area (Å²) in [6.45, 7) is 3.63. The van der Waals surface area contributed by atoms with E-state index in [1.807, 2.05) is 0 Å². The summed E-state index contributed by atoms with van der Waals surface area (Å²) in [6.07, 6.45) is 7.97. The zero-order valence-corrected chi connectivity index (χ0v) is 10.7. The SMILES string of the molecule is NC(=O)CN1CCC(NCC2CCCC2)CC1. The summed E-state index contributed by atoms with van der Waals surface area (Å²) in [4.78, 5) is 13.0. The van der Waals surface area contributed by atoms with E-state index in [0.29, 0.717) is 12.6 Å². The van der Waals surface area contributed by atoms with Crippen molar-refractivity contribution in [3.63, 3.8) is 0 Å². The minimum absolute atomic E-state index is 0.206. The number of hydrogen-bond acceptors (Lipinski definition) is 3. The van der Waals surface area contributed by atoms with Gasteiger partial charge in [-0.3, -0.25) is 9.69 Å². The van der Waals surface area contributed by atoms with Gasteiger partial charge in [0.15, 0.2) is 0 Å². The third-order valence-corrected chi connectivity index (χ3v) is 4.14. The van der Waals surface area contributed by atoms with Gasteiger partial charge < -0.3 is 11.1 Å². The van der Waals surface area contributed by atoms with Gasteiger partial charge in [0.2, 0.25) is 5.91 Å².